The summed E-state index contributed by atoms with van der Waals surface area (Å²) in [5.74, 6) is 0.211. The number of hydrogen-bond acceptors (Lipinski definition) is 6. The Morgan fingerprint density at radius 1 is 0.838 bits per heavy atom. The molecule has 184 valence electrons. The molecule has 0 bridgehead atoms. The van der Waals surface area contributed by atoms with Crippen LogP contribution in [0.15, 0.2) is 122 Å². The molecule has 6 heteroatoms. The number of para-hydroxylation sites is 1. The molecule has 4 aromatic carbocycles. The van der Waals surface area contributed by atoms with Gasteiger partial charge in [-0.3, -0.25) is 4.79 Å². The van der Waals surface area contributed by atoms with Crippen molar-refractivity contribution in [2.45, 2.75) is 29.9 Å². The summed E-state index contributed by atoms with van der Waals surface area (Å²) >= 11 is 1.64. The van der Waals surface area contributed by atoms with Crippen molar-refractivity contribution in [2.24, 2.45) is 5.16 Å². The van der Waals surface area contributed by atoms with Gasteiger partial charge in [0.2, 0.25) is 12.1 Å². The van der Waals surface area contributed by atoms with Gasteiger partial charge in [-0.05, 0) is 48.4 Å². The van der Waals surface area contributed by atoms with E-state index in [9.17, 15) is 9.90 Å². The summed E-state index contributed by atoms with van der Waals surface area (Å²) in [7, 11) is 0. The lowest BCUT2D eigenvalue weighted by molar-refractivity contribution is -0.0837. The minimum Gasteiger partial charge on any atom is -0.452 e. The zero-order chi connectivity index (χ0) is 25.8. The molecule has 0 saturated heterocycles. The van der Waals surface area contributed by atoms with Crippen molar-refractivity contribution in [1.29, 1.82) is 0 Å². The summed E-state index contributed by atoms with van der Waals surface area (Å²) in [6.07, 6.45) is -0.944. The van der Waals surface area contributed by atoms with Crippen LogP contribution in [-0.4, -0.2) is 22.9 Å². The lowest BCUT2D eigenvalue weighted by atomic mass is 9.98. The van der Waals surface area contributed by atoms with Gasteiger partial charge in [0.25, 0.3) is 0 Å². The maximum Gasteiger partial charge on any atom is 0.228 e. The third-order valence-corrected chi connectivity index (χ3v) is 6.85. The van der Waals surface area contributed by atoms with Gasteiger partial charge in [0.15, 0.2) is 5.76 Å². The molecule has 0 fully saturated rings. The standard InChI is InChI=1S/C31H25NO4S/c1-20(32-36-21(2)33)22-12-16-25(17-13-22)37-26-18-14-23(15-19-26)29-27-10-6-7-11-28(27)35-31(29)30(34)24-8-4-3-5-9-24/h3-19,21,33H,1-2H3/b32-20+. The number of nitrogens with zero attached hydrogens (tertiary/aromatic N) is 1. The van der Waals surface area contributed by atoms with Gasteiger partial charge in [-0.25, -0.2) is 0 Å². The highest BCUT2D eigenvalue weighted by molar-refractivity contribution is 7.99. The Hall–Kier alpha value is -4.13. The molecule has 0 saturated carbocycles. The van der Waals surface area contributed by atoms with Crippen LogP contribution in [0.2, 0.25) is 0 Å². The zero-order valence-electron chi connectivity index (χ0n) is 20.4. The molecule has 0 spiro atoms. The molecular formula is C31H25NO4S. The molecule has 5 rings (SSSR count). The van der Waals surface area contributed by atoms with Crippen LogP contribution in [-0.2, 0) is 4.84 Å². The summed E-state index contributed by atoms with van der Waals surface area (Å²) in [4.78, 5) is 20.4. The monoisotopic (exact) mass is 507 g/mol. The molecule has 1 aromatic heterocycles. The van der Waals surface area contributed by atoms with Crippen molar-refractivity contribution in [1.82, 2.24) is 0 Å². The van der Waals surface area contributed by atoms with Crippen LogP contribution >= 0.6 is 11.8 Å². The van der Waals surface area contributed by atoms with Crippen LogP contribution in [0.5, 0.6) is 0 Å². The Balaban J connectivity index is 1.40. The van der Waals surface area contributed by atoms with Gasteiger partial charge in [0, 0.05) is 33.2 Å². The van der Waals surface area contributed by atoms with Gasteiger partial charge in [0.1, 0.15) is 5.58 Å². The van der Waals surface area contributed by atoms with E-state index in [4.69, 9.17) is 9.25 Å². The molecule has 1 atom stereocenters. The van der Waals surface area contributed by atoms with Crippen LogP contribution in [0.4, 0.5) is 0 Å². The third kappa shape index (κ3) is 5.50. The van der Waals surface area contributed by atoms with Crippen molar-refractivity contribution < 1.29 is 19.2 Å². The summed E-state index contributed by atoms with van der Waals surface area (Å²) in [6, 6.07) is 33.1. The third-order valence-electron chi connectivity index (χ3n) is 5.83. The highest BCUT2D eigenvalue weighted by atomic mass is 32.2. The first-order valence-corrected chi connectivity index (χ1v) is 12.7. The minimum absolute atomic E-state index is 0.136. The molecule has 0 radical (unpaired) electrons. The molecule has 5 aromatic rings. The first kappa shape index (κ1) is 24.6. The molecule has 1 heterocycles. The number of carbonyl (C=O) groups is 1. The van der Waals surface area contributed by atoms with E-state index >= 15 is 0 Å². The highest BCUT2D eigenvalue weighted by Gasteiger charge is 2.22. The molecule has 37 heavy (non-hydrogen) atoms. The number of aliphatic hydroxyl groups is 1. The Kier molecular flexibility index (Phi) is 7.21. The quantitative estimate of drug-likeness (QED) is 0.102. The number of rotatable bonds is 8. The van der Waals surface area contributed by atoms with Crippen LogP contribution in [0.1, 0.15) is 35.5 Å². The van der Waals surface area contributed by atoms with Crippen LogP contribution in [0.25, 0.3) is 22.1 Å². The number of carbonyl (C=O) groups excluding carboxylic acids is 1. The number of hydrogen-bond donors (Lipinski definition) is 1. The maximum absolute atomic E-state index is 13.3. The topological polar surface area (TPSA) is 72.0 Å². The normalized spacial score (nSPS) is 12.5. The average molecular weight is 508 g/mol. The second-order valence-electron chi connectivity index (χ2n) is 8.53. The van der Waals surface area contributed by atoms with E-state index in [0.29, 0.717) is 22.6 Å². The Bertz CT molecular complexity index is 1550. The van der Waals surface area contributed by atoms with Crippen LogP contribution in [0, 0.1) is 0 Å². The second-order valence-corrected chi connectivity index (χ2v) is 9.68. The van der Waals surface area contributed by atoms with Crippen LogP contribution < -0.4 is 0 Å². The Morgan fingerprint density at radius 2 is 1.46 bits per heavy atom. The molecule has 1 unspecified atom stereocenters. The Labute approximate surface area is 219 Å². The summed E-state index contributed by atoms with van der Waals surface area (Å²) in [5.41, 5.74) is 4.62. The van der Waals surface area contributed by atoms with Gasteiger partial charge in [-0.15, -0.1) is 0 Å². The predicted octanol–water partition coefficient (Wildman–Crippen LogP) is 7.56. The minimum atomic E-state index is -0.944. The van der Waals surface area contributed by atoms with Gasteiger partial charge in [-0.1, -0.05) is 89.7 Å². The van der Waals surface area contributed by atoms with E-state index < -0.39 is 6.29 Å². The number of fused-ring (bicyclic) bond motifs is 1. The summed E-state index contributed by atoms with van der Waals surface area (Å²) in [6.45, 7) is 3.35. The second kappa shape index (κ2) is 10.9. The molecule has 0 aliphatic heterocycles. The predicted molar refractivity (Wildman–Crippen MR) is 147 cm³/mol. The zero-order valence-corrected chi connectivity index (χ0v) is 21.2. The Morgan fingerprint density at radius 3 is 2.14 bits per heavy atom. The molecule has 0 aliphatic carbocycles. The molecule has 5 nitrogen and oxygen atoms in total. The highest BCUT2D eigenvalue weighted by Crippen LogP contribution is 2.37. The number of furan rings is 1. The molecule has 1 N–H and O–H groups in total. The summed E-state index contributed by atoms with van der Waals surface area (Å²) in [5, 5.41) is 14.1. The van der Waals surface area contributed by atoms with Crippen molar-refractivity contribution >= 4 is 34.2 Å². The smallest absolute Gasteiger partial charge is 0.228 e. The van der Waals surface area contributed by atoms with Crippen LogP contribution in [0.3, 0.4) is 0 Å². The average Bonchev–Trinajstić information content (AvgIpc) is 3.32. The maximum atomic E-state index is 13.3. The molecule has 0 aliphatic rings. The van der Waals surface area contributed by atoms with Crippen molar-refractivity contribution in [3.8, 4) is 11.1 Å². The fraction of sp³-hybridized carbons (Fsp3) is 0.0968. The van der Waals surface area contributed by atoms with E-state index in [-0.39, 0.29) is 5.78 Å². The number of oxime groups is 1. The fourth-order valence-electron chi connectivity index (χ4n) is 4.01. The van der Waals surface area contributed by atoms with Gasteiger partial charge in [0.05, 0.1) is 5.71 Å². The SMILES string of the molecule is C/C(=N\OC(C)O)c1ccc(Sc2ccc(-c3c(C(=O)c4ccccc4)oc4ccccc34)cc2)cc1. The van der Waals surface area contributed by atoms with E-state index in [1.54, 1.807) is 23.9 Å². The van der Waals surface area contributed by atoms with Crippen molar-refractivity contribution in [3.63, 3.8) is 0 Å². The number of benzene rings is 4. The lowest BCUT2D eigenvalue weighted by Crippen LogP contribution is -2.04. The van der Waals surface area contributed by atoms with Crippen molar-refractivity contribution in [3.05, 3.63) is 120 Å². The molecular weight excluding hydrogens is 482 g/mol. The van der Waals surface area contributed by atoms with Gasteiger partial charge in [-0.2, -0.15) is 0 Å². The summed E-state index contributed by atoms with van der Waals surface area (Å²) < 4.78 is 6.07. The molecule has 0 amide bonds. The van der Waals surface area contributed by atoms with E-state index in [1.807, 2.05) is 85.8 Å². The van der Waals surface area contributed by atoms with E-state index in [1.165, 1.54) is 6.92 Å². The fourth-order valence-corrected chi connectivity index (χ4v) is 4.83. The van der Waals surface area contributed by atoms with Gasteiger partial charge < -0.3 is 14.4 Å². The lowest BCUT2D eigenvalue weighted by Gasteiger charge is -2.07. The van der Waals surface area contributed by atoms with Crippen molar-refractivity contribution in [2.75, 3.05) is 0 Å². The van der Waals surface area contributed by atoms with E-state index in [0.717, 1.165) is 31.9 Å². The van der Waals surface area contributed by atoms with E-state index in [2.05, 4.69) is 17.3 Å². The number of aliphatic hydroxyl groups excluding tert-OH is 1. The largest absolute Gasteiger partial charge is 0.452 e. The van der Waals surface area contributed by atoms with Gasteiger partial charge >= 0.3 is 0 Å². The first-order chi connectivity index (χ1) is 18.0. The first-order valence-electron chi connectivity index (χ1n) is 11.9. The number of ketones is 1.